The molecule has 0 aliphatic carbocycles. The Bertz CT molecular complexity index is 230. The minimum Gasteiger partial charge on any atom is -0.328 e. The van der Waals surface area contributed by atoms with Gasteiger partial charge < -0.3 is 4.90 Å². The molecule has 3 heteroatoms. The van der Waals surface area contributed by atoms with Crippen molar-refractivity contribution in [1.82, 2.24) is 10.2 Å². The van der Waals surface area contributed by atoms with Crippen LogP contribution >= 0.6 is 0 Å². The summed E-state index contributed by atoms with van der Waals surface area (Å²) in [7, 11) is 0. The highest BCUT2D eigenvalue weighted by Gasteiger charge is 2.32. The number of nitrogens with zero attached hydrogens (tertiary/aromatic N) is 1. The molecule has 0 bridgehead atoms. The molecule has 1 heterocycles. The van der Waals surface area contributed by atoms with Gasteiger partial charge in [0.25, 0.3) is 0 Å². The molecule has 1 unspecified atom stereocenters. The first-order valence-corrected chi connectivity index (χ1v) is 6.49. The third-order valence-corrected chi connectivity index (χ3v) is 3.69. The van der Waals surface area contributed by atoms with Gasteiger partial charge in [-0.2, -0.15) is 0 Å². The third-order valence-electron chi connectivity index (χ3n) is 3.69. The second-order valence-electron chi connectivity index (χ2n) is 5.54. The predicted molar refractivity (Wildman–Crippen MR) is 67.0 cm³/mol. The Hall–Kier alpha value is -0.570. The smallest absolute Gasteiger partial charge is 0.240 e. The molecular formula is C13H26N2O. The number of carbonyl (C=O) groups excluding carboxylic acids is 1. The van der Waals surface area contributed by atoms with Crippen molar-refractivity contribution in [2.45, 2.75) is 47.1 Å². The van der Waals surface area contributed by atoms with Gasteiger partial charge in [0.1, 0.15) is 0 Å². The summed E-state index contributed by atoms with van der Waals surface area (Å²) in [6.45, 7) is 12.7. The van der Waals surface area contributed by atoms with Gasteiger partial charge in [0.05, 0.1) is 12.7 Å². The zero-order chi connectivity index (χ0) is 12.3. The normalized spacial score (nSPS) is 21.9. The lowest BCUT2D eigenvalue weighted by atomic mass is 9.85. The summed E-state index contributed by atoms with van der Waals surface area (Å²) in [5.41, 5.74) is 0. The van der Waals surface area contributed by atoms with Crippen LogP contribution in [0.4, 0.5) is 0 Å². The molecule has 1 aliphatic rings. The molecular weight excluding hydrogens is 200 g/mol. The maximum atomic E-state index is 12.0. The second-order valence-corrected chi connectivity index (χ2v) is 5.54. The van der Waals surface area contributed by atoms with E-state index in [4.69, 9.17) is 0 Å². The molecule has 3 nitrogen and oxygen atoms in total. The van der Waals surface area contributed by atoms with Crippen molar-refractivity contribution in [3.05, 3.63) is 0 Å². The first-order chi connectivity index (χ1) is 7.47. The summed E-state index contributed by atoms with van der Waals surface area (Å²) in [6.07, 6.45) is 0.892. The standard InChI is InChI=1S/C13H26N2O/c1-6-12-13(16)15(8-14-12)7-11(9(2)3)10(4)5/h9-12,14H,6-8H2,1-5H3. The number of hydrogen-bond acceptors (Lipinski definition) is 2. The Kier molecular flexibility index (Phi) is 4.78. The van der Waals surface area contributed by atoms with Crippen LogP contribution in [0.1, 0.15) is 41.0 Å². The Balaban J connectivity index is 2.57. The Morgan fingerprint density at radius 3 is 2.25 bits per heavy atom. The van der Waals surface area contributed by atoms with Crippen LogP contribution in [0, 0.1) is 17.8 Å². The van der Waals surface area contributed by atoms with Crippen molar-refractivity contribution in [3.63, 3.8) is 0 Å². The van der Waals surface area contributed by atoms with Gasteiger partial charge in [-0.1, -0.05) is 34.6 Å². The molecule has 0 spiro atoms. The van der Waals surface area contributed by atoms with Gasteiger partial charge in [-0.3, -0.25) is 10.1 Å². The second kappa shape index (κ2) is 5.67. The molecule has 1 N–H and O–H groups in total. The fraction of sp³-hybridized carbons (Fsp3) is 0.923. The molecule has 0 saturated carbocycles. The highest BCUT2D eigenvalue weighted by atomic mass is 16.2. The van der Waals surface area contributed by atoms with Crippen molar-refractivity contribution in [3.8, 4) is 0 Å². The molecule has 0 aromatic rings. The zero-order valence-corrected chi connectivity index (χ0v) is 11.3. The van der Waals surface area contributed by atoms with Crippen LogP contribution in [0.15, 0.2) is 0 Å². The van der Waals surface area contributed by atoms with E-state index < -0.39 is 0 Å². The van der Waals surface area contributed by atoms with Gasteiger partial charge in [0.15, 0.2) is 0 Å². The fourth-order valence-electron chi connectivity index (χ4n) is 2.53. The lowest BCUT2D eigenvalue weighted by Gasteiger charge is -2.29. The average molecular weight is 226 g/mol. The molecule has 1 saturated heterocycles. The Morgan fingerprint density at radius 1 is 1.31 bits per heavy atom. The SMILES string of the molecule is CCC1NCN(CC(C(C)C)C(C)C)C1=O. The third kappa shape index (κ3) is 2.97. The molecule has 1 rings (SSSR count). The summed E-state index contributed by atoms with van der Waals surface area (Å²) < 4.78 is 0. The van der Waals surface area contributed by atoms with Crippen LogP contribution in [0.5, 0.6) is 0 Å². The van der Waals surface area contributed by atoms with Crippen LogP contribution in [0.3, 0.4) is 0 Å². The van der Waals surface area contributed by atoms with E-state index in [1.54, 1.807) is 0 Å². The van der Waals surface area contributed by atoms with E-state index in [9.17, 15) is 4.79 Å². The van der Waals surface area contributed by atoms with E-state index >= 15 is 0 Å². The van der Waals surface area contributed by atoms with E-state index in [2.05, 4.69) is 39.9 Å². The van der Waals surface area contributed by atoms with Crippen LogP contribution in [-0.2, 0) is 4.79 Å². The van der Waals surface area contributed by atoms with Gasteiger partial charge in [0.2, 0.25) is 5.91 Å². The number of nitrogens with one attached hydrogen (secondary N) is 1. The van der Waals surface area contributed by atoms with Crippen LogP contribution < -0.4 is 5.32 Å². The van der Waals surface area contributed by atoms with Gasteiger partial charge in [-0.05, 0) is 24.2 Å². The molecule has 0 aromatic carbocycles. The molecule has 16 heavy (non-hydrogen) atoms. The number of hydrogen-bond donors (Lipinski definition) is 1. The summed E-state index contributed by atoms with van der Waals surface area (Å²) in [5, 5.41) is 3.27. The van der Waals surface area contributed by atoms with E-state index in [0.29, 0.717) is 17.8 Å². The maximum Gasteiger partial charge on any atom is 0.240 e. The summed E-state index contributed by atoms with van der Waals surface area (Å²) in [4.78, 5) is 14.0. The van der Waals surface area contributed by atoms with Crippen LogP contribution in [0.25, 0.3) is 0 Å². The van der Waals surface area contributed by atoms with Crippen molar-refractivity contribution in [1.29, 1.82) is 0 Å². The Labute approximate surface area is 99.6 Å². The molecule has 1 atom stereocenters. The average Bonchev–Trinajstić information content (AvgIpc) is 2.54. The van der Waals surface area contributed by atoms with Crippen molar-refractivity contribution in [2.75, 3.05) is 13.2 Å². The minimum absolute atomic E-state index is 0.0555. The van der Waals surface area contributed by atoms with E-state index in [1.807, 2.05) is 4.90 Å². The monoisotopic (exact) mass is 226 g/mol. The number of rotatable bonds is 5. The summed E-state index contributed by atoms with van der Waals surface area (Å²) in [5.74, 6) is 2.15. The van der Waals surface area contributed by atoms with Gasteiger partial charge in [-0.15, -0.1) is 0 Å². The molecule has 0 radical (unpaired) electrons. The first-order valence-electron chi connectivity index (χ1n) is 6.49. The zero-order valence-electron chi connectivity index (χ0n) is 11.3. The van der Waals surface area contributed by atoms with E-state index in [0.717, 1.165) is 19.6 Å². The van der Waals surface area contributed by atoms with Gasteiger partial charge >= 0.3 is 0 Å². The number of amides is 1. The number of carbonyl (C=O) groups is 1. The summed E-state index contributed by atoms with van der Waals surface area (Å²) >= 11 is 0. The molecule has 94 valence electrons. The van der Waals surface area contributed by atoms with Crippen molar-refractivity contribution in [2.24, 2.45) is 17.8 Å². The topological polar surface area (TPSA) is 32.3 Å². The first kappa shape index (κ1) is 13.5. The van der Waals surface area contributed by atoms with Gasteiger partial charge in [-0.25, -0.2) is 0 Å². The van der Waals surface area contributed by atoms with Crippen molar-refractivity contribution < 1.29 is 4.79 Å². The van der Waals surface area contributed by atoms with Crippen molar-refractivity contribution >= 4 is 5.91 Å². The van der Waals surface area contributed by atoms with Crippen LogP contribution in [-0.4, -0.2) is 30.1 Å². The quantitative estimate of drug-likeness (QED) is 0.778. The summed E-state index contributed by atoms with van der Waals surface area (Å²) in [6, 6.07) is 0.0555. The lowest BCUT2D eigenvalue weighted by Crippen LogP contribution is -2.37. The highest BCUT2D eigenvalue weighted by Crippen LogP contribution is 2.23. The highest BCUT2D eigenvalue weighted by molar-refractivity contribution is 5.83. The molecule has 1 fully saturated rings. The molecule has 0 aromatic heterocycles. The molecule has 1 amide bonds. The van der Waals surface area contributed by atoms with E-state index in [1.165, 1.54) is 0 Å². The van der Waals surface area contributed by atoms with Crippen LogP contribution in [0.2, 0.25) is 0 Å². The Morgan fingerprint density at radius 2 is 1.88 bits per heavy atom. The maximum absolute atomic E-state index is 12.0. The lowest BCUT2D eigenvalue weighted by molar-refractivity contribution is -0.129. The fourth-order valence-corrected chi connectivity index (χ4v) is 2.53. The van der Waals surface area contributed by atoms with Gasteiger partial charge in [0, 0.05) is 6.54 Å². The predicted octanol–water partition coefficient (Wildman–Crippen LogP) is 2.08. The molecule has 1 aliphatic heterocycles. The minimum atomic E-state index is 0.0555. The largest absolute Gasteiger partial charge is 0.328 e. The van der Waals surface area contributed by atoms with E-state index in [-0.39, 0.29) is 11.9 Å².